The highest BCUT2D eigenvalue weighted by atomic mass is 16.4. The summed E-state index contributed by atoms with van der Waals surface area (Å²) in [5.74, 6) is 0.910. The van der Waals surface area contributed by atoms with Crippen molar-refractivity contribution in [1.29, 1.82) is 0 Å². The Bertz CT molecular complexity index is 795. The number of carbonyl (C=O) groups excluding carboxylic acids is 1. The molecule has 4 rings (SSSR count). The third-order valence-corrected chi connectivity index (χ3v) is 7.45. The standard InChI is InChI=1S/C23H36N6O3/c1-16-13-29(23(31)32)14-17(2)21(16)22(30)26-19-12-20(25-15-24-19)28-10-8-27(9-11-28)18-6-4-3-5-7-18/h12,15-18,21H,3-11,13-14H2,1-2H3,(H,31,32)(H,24,25,26,30). The lowest BCUT2D eigenvalue weighted by Crippen LogP contribution is -2.51. The van der Waals surface area contributed by atoms with Gasteiger partial charge in [-0.3, -0.25) is 9.69 Å². The van der Waals surface area contributed by atoms with Crippen molar-refractivity contribution >= 4 is 23.6 Å². The van der Waals surface area contributed by atoms with Gasteiger partial charge >= 0.3 is 6.09 Å². The van der Waals surface area contributed by atoms with E-state index in [0.717, 1.165) is 38.0 Å². The Morgan fingerprint density at radius 3 is 2.28 bits per heavy atom. The highest BCUT2D eigenvalue weighted by Gasteiger charge is 2.38. The summed E-state index contributed by atoms with van der Waals surface area (Å²) in [6.45, 7) is 8.59. The molecule has 0 bridgehead atoms. The lowest BCUT2D eigenvalue weighted by molar-refractivity contribution is -0.125. The number of anilines is 2. The molecule has 1 saturated carbocycles. The quantitative estimate of drug-likeness (QED) is 0.736. The van der Waals surface area contributed by atoms with Crippen molar-refractivity contribution in [2.24, 2.45) is 17.8 Å². The van der Waals surface area contributed by atoms with Gasteiger partial charge in [0.1, 0.15) is 18.0 Å². The Hall–Kier alpha value is -2.42. The molecule has 2 amide bonds. The van der Waals surface area contributed by atoms with Crippen LogP contribution in [0.25, 0.3) is 0 Å². The van der Waals surface area contributed by atoms with Crippen LogP contribution in [0.4, 0.5) is 16.4 Å². The first-order chi connectivity index (χ1) is 15.4. The predicted octanol–water partition coefficient (Wildman–Crippen LogP) is 2.75. The smallest absolute Gasteiger partial charge is 0.407 e. The van der Waals surface area contributed by atoms with E-state index in [-0.39, 0.29) is 23.7 Å². The number of hydrogen-bond donors (Lipinski definition) is 2. The van der Waals surface area contributed by atoms with E-state index in [1.165, 1.54) is 43.3 Å². The van der Waals surface area contributed by atoms with Crippen molar-refractivity contribution in [3.63, 3.8) is 0 Å². The van der Waals surface area contributed by atoms with E-state index in [1.54, 1.807) is 0 Å². The second kappa shape index (κ2) is 10.0. The molecule has 9 heteroatoms. The fourth-order valence-electron chi connectivity index (χ4n) is 5.79. The van der Waals surface area contributed by atoms with E-state index in [1.807, 2.05) is 19.9 Å². The van der Waals surface area contributed by atoms with Crippen molar-refractivity contribution < 1.29 is 14.7 Å². The number of piperidine rings is 1. The number of carboxylic acid groups (broad SMARTS) is 1. The molecule has 0 radical (unpaired) electrons. The zero-order valence-corrected chi connectivity index (χ0v) is 19.2. The molecule has 2 atom stereocenters. The fraction of sp³-hybridized carbons (Fsp3) is 0.739. The number of nitrogens with zero attached hydrogens (tertiary/aromatic N) is 5. The van der Waals surface area contributed by atoms with Crippen molar-refractivity contribution in [3.05, 3.63) is 12.4 Å². The molecule has 3 heterocycles. The maximum atomic E-state index is 13.0. The second-order valence-electron chi connectivity index (χ2n) is 9.73. The Labute approximate surface area is 190 Å². The van der Waals surface area contributed by atoms with Crippen molar-refractivity contribution in [3.8, 4) is 0 Å². The molecule has 0 spiro atoms. The van der Waals surface area contributed by atoms with Crippen molar-refractivity contribution in [2.75, 3.05) is 49.5 Å². The van der Waals surface area contributed by atoms with Crippen LogP contribution in [0.5, 0.6) is 0 Å². The molecule has 1 aromatic rings. The average molecular weight is 445 g/mol. The highest BCUT2D eigenvalue weighted by molar-refractivity contribution is 5.92. The van der Waals surface area contributed by atoms with Crippen LogP contribution in [-0.4, -0.2) is 82.2 Å². The Morgan fingerprint density at radius 1 is 1.00 bits per heavy atom. The molecule has 3 aliphatic rings. The third-order valence-electron chi connectivity index (χ3n) is 7.45. The number of amides is 2. The maximum absolute atomic E-state index is 13.0. The van der Waals surface area contributed by atoms with Crippen molar-refractivity contribution in [1.82, 2.24) is 19.8 Å². The molecule has 2 N–H and O–H groups in total. The monoisotopic (exact) mass is 444 g/mol. The zero-order chi connectivity index (χ0) is 22.7. The lowest BCUT2D eigenvalue weighted by Gasteiger charge is -2.41. The van der Waals surface area contributed by atoms with E-state index >= 15 is 0 Å². The Kier molecular flexibility index (Phi) is 7.13. The van der Waals surface area contributed by atoms with Crippen LogP contribution in [0.15, 0.2) is 12.4 Å². The number of nitrogens with one attached hydrogen (secondary N) is 1. The number of aromatic nitrogens is 2. The summed E-state index contributed by atoms with van der Waals surface area (Å²) >= 11 is 0. The summed E-state index contributed by atoms with van der Waals surface area (Å²) in [5, 5.41) is 12.2. The van der Waals surface area contributed by atoms with Gasteiger partial charge in [0.05, 0.1) is 0 Å². The van der Waals surface area contributed by atoms with Gasteiger partial charge < -0.3 is 20.2 Å². The number of piperazine rings is 1. The van der Waals surface area contributed by atoms with Gasteiger partial charge in [-0.1, -0.05) is 33.1 Å². The minimum Gasteiger partial charge on any atom is -0.465 e. The van der Waals surface area contributed by atoms with Crippen LogP contribution in [0, 0.1) is 17.8 Å². The lowest BCUT2D eigenvalue weighted by atomic mass is 9.79. The fourth-order valence-corrected chi connectivity index (χ4v) is 5.79. The molecular weight excluding hydrogens is 408 g/mol. The van der Waals surface area contributed by atoms with E-state index in [9.17, 15) is 14.7 Å². The van der Waals surface area contributed by atoms with E-state index < -0.39 is 6.09 Å². The van der Waals surface area contributed by atoms with Gasteiger partial charge in [-0.25, -0.2) is 14.8 Å². The molecule has 32 heavy (non-hydrogen) atoms. The molecule has 3 fully saturated rings. The van der Waals surface area contributed by atoms with E-state index in [0.29, 0.717) is 18.9 Å². The summed E-state index contributed by atoms with van der Waals surface area (Å²) in [6.07, 6.45) is 7.32. The van der Waals surface area contributed by atoms with Crippen LogP contribution in [0.1, 0.15) is 46.0 Å². The second-order valence-corrected chi connectivity index (χ2v) is 9.73. The van der Waals surface area contributed by atoms with Crippen LogP contribution in [0.3, 0.4) is 0 Å². The summed E-state index contributed by atoms with van der Waals surface area (Å²) in [5.41, 5.74) is 0. The minimum absolute atomic E-state index is 0.0518. The molecule has 2 aliphatic heterocycles. The summed E-state index contributed by atoms with van der Waals surface area (Å²) in [7, 11) is 0. The molecule has 176 valence electrons. The first-order valence-electron chi connectivity index (χ1n) is 12.0. The predicted molar refractivity (Wildman–Crippen MR) is 123 cm³/mol. The van der Waals surface area contributed by atoms with E-state index in [4.69, 9.17) is 0 Å². The molecule has 2 unspecified atom stereocenters. The Morgan fingerprint density at radius 2 is 1.66 bits per heavy atom. The van der Waals surface area contributed by atoms with Gasteiger partial charge in [0.25, 0.3) is 0 Å². The molecule has 9 nitrogen and oxygen atoms in total. The molecule has 1 aromatic heterocycles. The SMILES string of the molecule is CC1CN(C(=O)O)CC(C)C1C(=O)Nc1cc(N2CCN(C3CCCCC3)CC2)ncn1. The van der Waals surface area contributed by atoms with E-state index in [2.05, 4.69) is 25.1 Å². The third kappa shape index (κ3) is 5.14. The number of hydrogen-bond acceptors (Lipinski definition) is 6. The van der Waals surface area contributed by atoms with Gasteiger partial charge in [-0.15, -0.1) is 0 Å². The summed E-state index contributed by atoms with van der Waals surface area (Å²) in [4.78, 5) is 39.3. The first-order valence-corrected chi connectivity index (χ1v) is 12.0. The number of carbonyl (C=O) groups is 2. The van der Waals surface area contributed by atoms with Crippen LogP contribution < -0.4 is 10.2 Å². The van der Waals surface area contributed by atoms with Crippen LogP contribution in [0.2, 0.25) is 0 Å². The van der Waals surface area contributed by atoms with Crippen LogP contribution >= 0.6 is 0 Å². The topological polar surface area (TPSA) is 102 Å². The maximum Gasteiger partial charge on any atom is 0.407 e. The number of rotatable bonds is 4. The largest absolute Gasteiger partial charge is 0.465 e. The minimum atomic E-state index is -0.924. The zero-order valence-electron chi connectivity index (χ0n) is 19.2. The normalized spacial score (nSPS) is 27.9. The van der Waals surface area contributed by atoms with Crippen molar-refractivity contribution in [2.45, 2.75) is 52.0 Å². The van der Waals surface area contributed by atoms with Gasteiger partial charge in [-0.05, 0) is 24.7 Å². The Balaban J connectivity index is 1.34. The molecule has 0 aromatic carbocycles. The molecule has 1 aliphatic carbocycles. The highest BCUT2D eigenvalue weighted by Crippen LogP contribution is 2.30. The molecular formula is C23H36N6O3. The van der Waals surface area contributed by atoms with Gasteiger partial charge in [0, 0.05) is 57.3 Å². The summed E-state index contributed by atoms with van der Waals surface area (Å²) < 4.78 is 0. The molecule has 2 saturated heterocycles. The van der Waals surface area contributed by atoms with Crippen LogP contribution in [-0.2, 0) is 4.79 Å². The van der Waals surface area contributed by atoms with Gasteiger partial charge in [0.15, 0.2) is 0 Å². The average Bonchev–Trinajstić information content (AvgIpc) is 2.79. The van der Waals surface area contributed by atoms with Gasteiger partial charge in [0.2, 0.25) is 5.91 Å². The first kappa shape index (κ1) is 22.8. The van der Waals surface area contributed by atoms with Gasteiger partial charge in [-0.2, -0.15) is 0 Å². The summed E-state index contributed by atoms with van der Waals surface area (Å²) in [6, 6.07) is 2.60. The number of likely N-dealkylation sites (tertiary alicyclic amines) is 1.